The number of hydrogen-bond acceptors (Lipinski definition) is 5. The molecule has 0 aliphatic carbocycles. The van der Waals surface area contributed by atoms with Crippen LogP contribution in [0.25, 0.3) is 0 Å². The van der Waals surface area contributed by atoms with Gasteiger partial charge in [0.15, 0.2) is 11.0 Å². The van der Waals surface area contributed by atoms with Crippen LogP contribution in [0.15, 0.2) is 0 Å². The van der Waals surface area contributed by atoms with Gasteiger partial charge in [0.25, 0.3) is 0 Å². The van der Waals surface area contributed by atoms with Crippen molar-refractivity contribution in [2.45, 2.75) is 18.9 Å². The van der Waals surface area contributed by atoms with E-state index in [0.29, 0.717) is 18.8 Å². The van der Waals surface area contributed by atoms with E-state index in [1.807, 2.05) is 0 Å². The maximum absolute atomic E-state index is 11.0. The van der Waals surface area contributed by atoms with E-state index in [2.05, 4.69) is 25.8 Å². The second-order valence-corrected chi connectivity index (χ2v) is 4.10. The first-order valence-corrected chi connectivity index (χ1v) is 5.49. The lowest BCUT2D eigenvalue weighted by Gasteiger charge is -2.11. The van der Waals surface area contributed by atoms with Crippen molar-refractivity contribution >= 4 is 34.9 Å². The second kappa shape index (κ2) is 4.80. The van der Waals surface area contributed by atoms with E-state index in [4.69, 9.17) is 23.2 Å². The Morgan fingerprint density at radius 2 is 2.25 bits per heavy atom. The first kappa shape index (κ1) is 11.3. The molecule has 0 saturated carbocycles. The molecule has 1 amide bonds. The molecule has 1 unspecified atom stereocenters. The van der Waals surface area contributed by atoms with E-state index in [9.17, 15) is 4.79 Å². The zero-order valence-corrected chi connectivity index (χ0v) is 9.72. The molecule has 2 N–H and O–H groups in total. The number of nitrogens with one attached hydrogen (secondary N) is 2. The fourth-order valence-corrected chi connectivity index (χ4v) is 1.73. The average Bonchev–Trinajstić information content (AvgIpc) is 2.66. The van der Waals surface area contributed by atoms with Crippen molar-refractivity contribution in [1.82, 2.24) is 20.5 Å². The van der Waals surface area contributed by atoms with Crippen LogP contribution in [0.1, 0.15) is 12.8 Å². The van der Waals surface area contributed by atoms with Gasteiger partial charge in [-0.25, -0.2) is 0 Å². The van der Waals surface area contributed by atoms with E-state index in [0.717, 1.165) is 6.42 Å². The molecule has 1 aliphatic rings. The molecule has 1 saturated heterocycles. The highest BCUT2D eigenvalue weighted by Gasteiger charge is 2.20. The first-order valence-electron chi connectivity index (χ1n) is 4.74. The Morgan fingerprint density at radius 3 is 2.94 bits per heavy atom. The minimum Gasteiger partial charge on any atom is -0.365 e. The van der Waals surface area contributed by atoms with Crippen LogP contribution >= 0.6 is 23.2 Å². The van der Waals surface area contributed by atoms with Crippen LogP contribution in [0, 0.1) is 0 Å². The summed E-state index contributed by atoms with van der Waals surface area (Å²) in [6.07, 6.45) is 1.36. The smallest absolute Gasteiger partial charge is 0.245 e. The predicted octanol–water partition coefficient (Wildman–Crippen LogP) is 0.869. The summed E-state index contributed by atoms with van der Waals surface area (Å²) in [6.45, 7) is 0.542. The van der Waals surface area contributed by atoms with Gasteiger partial charge >= 0.3 is 0 Å². The third-order valence-electron chi connectivity index (χ3n) is 2.22. The molecule has 0 spiro atoms. The standard InChI is InChI=1S/C8H9Cl2N5O/c9-6-7(13-8(10)15-14-6)11-3-4-1-2-5(16)12-4/h4H,1-3H2,(H,12,16)(H,11,13,15). The first-order chi connectivity index (χ1) is 7.65. The largest absolute Gasteiger partial charge is 0.365 e. The number of carbonyl (C=O) groups excluding carboxylic acids is 1. The van der Waals surface area contributed by atoms with Crippen molar-refractivity contribution in [1.29, 1.82) is 0 Å². The molecular weight excluding hydrogens is 253 g/mol. The van der Waals surface area contributed by atoms with Gasteiger partial charge in [-0.15, -0.1) is 10.2 Å². The van der Waals surface area contributed by atoms with Crippen LogP contribution in [0.4, 0.5) is 5.82 Å². The van der Waals surface area contributed by atoms with Gasteiger partial charge in [0.1, 0.15) is 0 Å². The topological polar surface area (TPSA) is 79.8 Å². The molecule has 0 bridgehead atoms. The lowest BCUT2D eigenvalue weighted by atomic mass is 10.2. The summed E-state index contributed by atoms with van der Waals surface area (Å²) < 4.78 is 0. The van der Waals surface area contributed by atoms with Gasteiger partial charge < -0.3 is 10.6 Å². The van der Waals surface area contributed by atoms with Crippen molar-refractivity contribution in [3.05, 3.63) is 10.4 Å². The molecule has 1 atom stereocenters. The molecule has 86 valence electrons. The summed E-state index contributed by atoms with van der Waals surface area (Å²) in [5.74, 6) is 0.444. The molecule has 1 aromatic rings. The molecule has 1 fully saturated rings. The Labute approximate surface area is 102 Å². The molecule has 2 heterocycles. The van der Waals surface area contributed by atoms with Gasteiger partial charge in [-0.3, -0.25) is 4.79 Å². The van der Waals surface area contributed by atoms with Gasteiger partial charge in [-0.05, 0) is 18.0 Å². The minimum absolute atomic E-state index is 0.0300. The van der Waals surface area contributed by atoms with Gasteiger partial charge in [-0.2, -0.15) is 4.98 Å². The molecule has 1 aromatic heterocycles. The summed E-state index contributed by atoms with van der Waals surface area (Å²) in [5, 5.41) is 13.1. The number of aromatic nitrogens is 3. The number of rotatable bonds is 3. The second-order valence-electron chi connectivity index (χ2n) is 3.40. The Kier molecular flexibility index (Phi) is 3.40. The summed E-state index contributed by atoms with van der Waals surface area (Å²) in [5.41, 5.74) is 0. The fourth-order valence-electron chi connectivity index (χ4n) is 1.46. The van der Waals surface area contributed by atoms with Crippen LogP contribution in [-0.2, 0) is 4.79 Å². The molecule has 0 radical (unpaired) electrons. The average molecular weight is 262 g/mol. The van der Waals surface area contributed by atoms with E-state index < -0.39 is 0 Å². The number of halogens is 2. The van der Waals surface area contributed by atoms with Gasteiger partial charge in [0.2, 0.25) is 11.2 Å². The van der Waals surface area contributed by atoms with Gasteiger partial charge in [0.05, 0.1) is 0 Å². The summed E-state index contributed by atoms with van der Waals surface area (Å²) in [4.78, 5) is 14.9. The van der Waals surface area contributed by atoms with Crippen molar-refractivity contribution in [2.24, 2.45) is 0 Å². The highest BCUT2D eigenvalue weighted by Crippen LogP contribution is 2.17. The Morgan fingerprint density at radius 1 is 1.44 bits per heavy atom. The normalized spacial score (nSPS) is 19.6. The Hall–Kier alpha value is -1.14. The number of anilines is 1. The van der Waals surface area contributed by atoms with Gasteiger partial charge in [-0.1, -0.05) is 11.6 Å². The molecule has 2 rings (SSSR count). The maximum atomic E-state index is 11.0. The fraction of sp³-hybridized carbons (Fsp3) is 0.500. The van der Waals surface area contributed by atoms with E-state index in [1.165, 1.54) is 0 Å². The lowest BCUT2D eigenvalue weighted by Crippen LogP contribution is -2.32. The van der Waals surface area contributed by atoms with E-state index in [1.54, 1.807) is 0 Å². The molecular formula is C8H9Cl2N5O. The monoisotopic (exact) mass is 261 g/mol. The lowest BCUT2D eigenvalue weighted by molar-refractivity contribution is -0.119. The predicted molar refractivity (Wildman–Crippen MR) is 59.5 cm³/mol. The zero-order chi connectivity index (χ0) is 11.5. The summed E-state index contributed by atoms with van der Waals surface area (Å²) >= 11 is 11.3. The van der Waals surface area contributed by atoms with Crippen LogP contribution in [0.5, 0.6) is 0 Å². The van der Waals surface area contributed by atoms with Crippen molar-refractivity contribution in [2.75, 3.05) is 11.9 Å². The zero-order valence-electron chi connectivity index (χ0n) is 8.20. The molecule has 6 nitrogen and oxygen atoms in total. The van der Waals surface area contributed by atoms with Crippen LogP contribution in [-0.4, -0.2) is 33.7 Å². The third-order valence-corrected chi connectivity index (χ3v) is 2.64. The summed E-state index contributed by atoms with van der Waals surface area (Å²) in [7, 11) is 0. The van der Waals surface area contributed by atoms with E-state index >= 15 is 0 Å². The van der Waals surface area contributed by atoms with E-state index in [-0.39, 0.29) is 22.4 Å². The quantitative estimate of drug-likeness (QED) is 0.844. The van der Waals surface area contributed by atoms with Crippen LogP contribution < -0.4 is 10.6 Å². The van der Waals surface area contributed by atoms with Crippen molar-refractivity contribution in [3.63, 3.8) is 0 Å². The van der Waals surface area contributed by atoms with Gasteiger partial charge in [0, 0.05) is 19.0 Å². The Balaban J connectivity index is 1.94. The molecule has 16 heavy (non-hydrogen) atoms. The highest BCUT2D eigenvalue weighted by molar-refractivity contribution is 6.32. The SMILES string of the molecule is O=C1CCC(CNc2nc(Cl)nnc2Cl)N1. The molecule has 8 heteroatoms. The number of nitrogens with zero attached hydrogens (tertiary/aromatic N) is 3. The maximum Gasteiger partial charge on any atom is 0.245 e. The van der Waals surface area contributed by atoms with Crippen molar-refractivity contribution < 1.29 is 4.79 Å². The number of hydrogen-bond donors (Lipinski definition) is 2. The van der Waals surface area contributed by atoms with Crippen LogP contribution in [0.3, 0.4) is 0 Å². The Bertz CT molecular complexity index is 413. The highest BCUT2D eigenvalue weighted by atomic mass is 35.5. The number of amides is 1. The molecule has 0 aromatic carbocycles. The van der Waals surface area contributed by atoms with Crippen LogP contribution in [0.2, 0.25) is 10.4 Å². The number of carbonyl (C=O) groups is 1. The third kappa shape index (κ3) is 2.70. The van der Waals surface area contributed by atoms with Crippen molar-refractivity contribution in [3.8, 4) is 0 Å². The summed E-state index contributed by atoms with van der Waals surface area (Å²) in [6, 6.07) is 0.0947. The minimum atomic E-state index is 0.0300. The molecule has 1 aliphatic heterocycles.